The standard InChI is InChI=1S/C19H33NO2/c1-3-5-8-16-10-12-18(13-11-16)19(21)22-14-6-9-17(15-20)7-4-2/h16-18H,3-14H2,1-2H3/t16-,17?,18-. The normalized spacial score (nSPS) is 22.8. The van der Waals surface area contributed by atoms with Gasteiger partial charge in [-0.15, -0.1) is 0 Å². The van der Waals surface area contributed by atoms with Crippen LogP contribution in [0.3, 0.4) is 0 Å². The molecule has 1 saturated carbocycles. The van der Waals surface area contributed by atoms with E-state index in [0.717, 1.165) is 44.4 Å². The van der Waals surface area contributed by atoms with Gasteiger partial charge in [-0.1, -0.05) is 39.5 Å². The van der Waals surface area contributed by atoms with Gasteiger partial charge in [0, 0.05) is 5.92 Å². The van der Waals surface area contributed by atoms with Crippen LogP contribution in [0, 0.1) is 29.1 Å². The summed E-state index contributed by atoms with van der Waals surface area (Å²) in [4.78, 5) is 12.1. The van der Waals surface area contributed by atoms with Crippen LogP contribution in [-0.2, 0) is 9.53 Å². The predicted molar refractivity (Wildman–Crippen MR) is 89.2 cm³/mol. The zero-order valence-corrected chi connectivity index (χ0v) is 14.5. The van der Waals surface area contributed by atoms with Crippen molar-refractivity contribution in [2.75, 3.05) is 6.61 Å². The number of nitriles is 1. The molecule has 0 amide bonds. The molecule has 0 aliphatic heterocycles. The largest absolute Gasteiger partial charge is 0.465 e. The summed E-state index contributed by atoms with van der Waals surface area (Å²) in [6, 6.07) is 2.34. The van der Waals surface area contributed by atoms with Crippen LogP contribution >= 0.6 is 0 Å². The molecule has 3 heteroatoms. The lowest BCUT2D eigenvalue weighted by atomic mass is 9.80. The Kier molecular flexibility index (Phi) is 9.95. The van der Waals surface area contributed by atoms with E-state index in [9.17, 15) is 4.79 Å². The molecule has 1 atom stereocenters. The highest BCUT2D eigenvalue weighted by Crippen LogP contribution is 2.32. The highest BCUT2D eigenvalue weighted by molar-refractivity contribution is 5.72. The van der Waals surface area contributed by atoms with Gasteiger partial charge in [-0.25, -0.2) is 0 Å². The van der Waals surface area contributed by atoms with Crippen molar-refractivity contribution in [3.63, 3.8) is 0 Å². The number of carbonyl (C=O) groups is 1. The first kappa shape index (κ1) is 19.0. The molecule has 1 rings (SSSR count). The van der Waals surface area contributed by atoms with Crippen LogP contribution in [0.25, 0.3) is 0 Å². The predicted octanol–water partition coefficient (Wildman–Crippen LogP) is 5.25. The molecule has 0 radical (unpaired) electrons. The fraction of sp³-hybridized carbons (Fsp3) is 0.895. The average Bonchev–Trinajstić information content (AvgIpc) is 2.56. The van der Waals surface area contributed by atoms with Crippen molar-refractivity contribution < 1.29 is 9.53 Å². The lowest BCUT2D eigenvalue weighted by Crippen LogP contribution is -2.24. The van der Waals surface area contributed by atoms with E-state index in [0.29, 0.717) is 6.61 Å². The quantitative estimate of drug-likeness (QED) is 0.409. The molecule has 0 spiro atoms. The monoisotopic (exact) mass is 307 g/mol. The summed E-state index contributed by atoms with van der Waals surface area (Å²) in [5.41, 5.74) is 0. The Hall–Kier alpha value is -1.04. The van der Waals surface area contributed by atoms with E-state index in [4.69, 9.17) is 10.00 Å². The van der Waals surface area contributed by atoms with E-state index in [1.54, 1.807) is 0 Å². The number of rotatable bonds is 10. The van der Waals surface area contributed by atoms with Gasteiger partial charge in [0.15, 0.2) is 0 Å². The summed E-state index contributed by atoms with van der Waals surface area (Å²) in [5, 5.41) is 9.00. The van der Waals surface area contributed by atoms with Crippen LogP contribution in [0.15, 0.2) is 0 Å². The molecule has 126 valence electrons. The Morgan fingerprint density at radius 1 is 1.14 bits per heavy atom. The maximum Gasteiger partial charge on any atom is 0.308 e. The van der Waals surface area contributed by atoms with Gasteiger partial charge in [0.2, 0.25) is 0 Å². The smallest absolute Gasteiger partial charge is 0.308 e. The second kappa shape index (κ2) is 11.5. The van der Waals surface area contributed by atoms with Gasteiger partial charge in [-0.2, -0.15) is 5.26 Å². The van der Waals surface area contributed by atoms with Crippen LogP contribution < -0.4 is 0 Å². The number of hydrogen-bond donors (Lipinski definition) is 0. The Morgan fingerprint density at radius 2 is 1.86 bits per heavy atom. The minimum atomic E-state index is -0.00191. The third kappa shape index (κ3) is 7.29. The molecule has 3 nitrogen and oxygen atoms in total. The summed E-state index contributed by atoms with van der Waals surface area (Å²) in [7, 11) is 0. The number of unbranched alkanes of at least 4 members (excludes halogenated alkanes) is 1. The van der Waals surface area contributed by atoms with E-state index in [1.165, 1.54) is 32.1 Å². The lowest BCUT2D eigenvalue weighted by Gasteiger charge is -2.27. The van der Waals surface area contributed by atoms with Crippen molar-refractivity contribution in [2.24, 2.45) is 17.8 Å². The van der Waals surface area contributed by atoms with Crippen molar-refractivity contribution >= 4 is 5.97 Å². The van der Waals surface area contributed by atoms with Crippen molar-refractivity contribution in [3.05, 3.63) is 0 Å². The highest BCUT2D eigenvalue weighted by atomic mass is 16.5. The van der Waals surface area contributed by atoms with Crippen LogP contribution in [0.1, 0.15) is 84.5 Å². The molecule has 0 bridgehead atoms. The van der Waals surface area contributed by atoms with Gasteiger partial charge < -0.3 is 4.74 Å². The maximum absolute atomic E-state index is 12.1. The zero-order chi connectivity index (χ0) is 16.2. The van der Waals surface area contributed by atoms with Gasteiger partial charge in [0.25, 0.3) is 0 Å². The molecule has 1 fully saturated rings. The Morgan fingerprint density at radius 3 is 2.45 bits per heavy atom. The zero-order valence-electron chi connectivity index (χ0n) is 14.5. The highest BCUT2D eigenvalue weighted by Gasteiger charge is 2.26. The van der Waals surface area contributed by atoms with Crippen molar-refractivity contribution in [2.45, 2.75) is 84.5 Å². The molecule has 0 aromatic carbocycles. The van der Waals surface area contributed by atoms with Crippen molar-refractivity contribution in [3.8, 4) is 6.07 Å². The van der Waals surface area contributed by atoms with E-state index in [1.807, 2.05) is 0 Å². The molecule has 0 N–H and O–H groups in total. The molecule has 1 unspecified atom stereocenters. The molecule has 0 aromatic rings. The third-order valence-electron chi connectivity index (χ3n) is 4.91. The molecule has 1 aliphatic rings. The lowest BCUT2D eigenvalue weighted by molar-refractivity contribution is -0.150. The first-order chi connectivity index (χ1) is 10.7. The topological polar surface area (TPSA) is 50.1 Å². The summed E-state index contributed by atoms with van der Waals surface area (Å²) in [6.45, 7) is 4.82. The Labute approximate surface area is 136 Å². The van der Waals surface area contributed by atoms with Gasteiger partial charge in [-0.3, -0.25) is 4.79 Å². The minimum absolute atomic E-state index is 0.00191. The molecule has 0 saturated heterocycles. The second-order valence-corrected chi connectivity index (χ2v) is 6.78. The van der Waals surface area contributed by atoms with Crippen molar-refractivity contribution in [1.82, 2.24) is 0 Å². The fourth-order valence-electron chi connectivity index (χ4n) is 3.42. The number of ether oxygens (including phenoxy) is 1. The molecular formula is C19H33NO2. The molecule has 0 aromatic heterocycles. The summed E-state index contributed by atoms with van der Waals surface area (Å²) in [5.74, 6) is 1.07. The van der Waals surface area contributed by atoms with Gasteiger partial charge in [-0.05, 0) is 50.9 Å². The first-order valence-electron chi connectivity index (χ1n) is 9.27. The Bertz CT molecular complexity index is 340. The van der Waals surface area contributed by atoms with E-state index >= 15 is 0 Å². The fourth-order valence-corrected chi connectivity index (χ4v) is 3.42. The minimum Gasteiger partial charge on any atom is -0.465 e. The van der Waals surface area contributed by atoms with E-state index < -0.39 is 0 Å². The summed E-state index contributed by atoms with van der Waals surface area (Å²) >= 11 is 0. The molecule has 0 heterocycles. The third-order valence-corrected chi connectivity index (χ3v) is 4.91. The van der Waals surface area contributed by atoms with E-state index in [-0.39, 0.29) is 17.8 Å². The van der Waals surface area contributed by atoms with Gasteiger partial charge in [0.1, 0.15) is 0 Å². The number of hydrogen-bond acceptors (Lipinski definition) is 3. The number of nitrogens with zero attached hydrogens (tertiary/aromatic N) is 1. The van der Waals surface area contributed by atoms with Crippen LogP contribution in [0.4, 0.5) is 0 Å². The van der Waals surface area contributed by atoms with E-state index in [2.05, 4.69) is 19.9 Å². The SMILES string of the molecule is CCCC[C@H]1CC[C@H](C(=O)OCCCC(C#N)CCC)CC1. The van der Waals surface area contributed by atoms with Crippen LogP contribution in [0.2, 0.25) is 0 Å². The molecule has 1 aliphatic carbocycles. The first-order valence-corrected chi connectivity index (χ1v) is 9.27. The van der Waals surface area contributed by atoms with Crippen molar-refractivity contribution in [1.29, 1.82) is 5.26 Å². The van der Waals surface area contributed by atoms with Gasteiger partial charge in [0.05, 0.1) is 18.6 Å². The van der Waals surface area contributed by atoms with Crippen LogP contribution in [-0.4, -0.2) is 12.6 Å². The molecular weight excluding hydrogens is 274 g/mol. The van der Waals surface area contributed by atoms with Crippen LogP contribution in [0.5, 0.6) is 0 Å². The Balaban J connectivity index is 2.12. The number of esters is 1. The summed E-state index contributed by atoms with van der Waals surface area (Å²) < 4.78 is 5.42. The maximum atomic E-state index is 12.1. The number of carbonyl (C=O) groups excluding carboxylic acids is 1. The second-order valence-electron chi connectivity index (χ2n) is 6.78. The average molecular weight is 307 g/mol. The summed E-state index contributed by atoms with van der Waals surface area (Å²) in [6.07, 6.45) is 11.9. The van der Waals surface area contributed by atoms with Gasteiger partial charge >= 0.3 is 5.97 Å². The molecule has 22 heavy (non-hydrogen) atoms.